The van der Waals surface area contributed by atoms with E-state index in [1.807, 2.05) is 29.2 Å². The molecule has 1 aromatic heterocycles. The summed E-state index contributed by atoms with van der Waals surface area (Å²) in [5.74, 6) is 0.601. The quantitative estimate of drug-likeness (QED) is 0.894. The first-order chi connectivity index (χ1) is 10.2. The molecule has 2 aromatic rings. The first-order valence-electron chi connectivity index (χ1n) is 7.09. The summed E-state index contributed by atoms with van der Waals surface area (Å²) in [4.78, 5) is 14.6. The van der Waals surface area contributed by atoms with Crippen molar-refractivity contribution >= 4 is 17.5 Å². The zero-order valence-corrected chi connectivity index (χ0v) is 12.1. The minimum absolute atomic E-state index is 0.0286. The number of benzene rings is 1. The number of hydrogen-bond acceptors (Lipinski definition) is 5. The Morgan fingerprint density at radius 1 is 1.43 bits per heavy atom. The number of carbonyl (C=O) groups is 1. The fourth-order valence-electron chi connectivity index (χ4n) is 2.67. The van der Waals surface area contributed by atoms with E-state index >= 15 is 0 Å². The third kappa shape index (κ3) is 2.46. The lowest BCUT2D eigenvalue weighted by Gasteiger charge is -2.31. The minimum atomic E-state index is -0.319. The average Bonchev–Trinajstić information content (AvgIpc) is 2.97. The number of para-hydroxylation sites is 1. The second kappa shape index (κ2) is 5.51. The molecule has 2 N–H and O–H groups in total. The molecule has 7 nitrogen and oxygen atoms in total. The molecule has 0 bridgehead atoms. The number of tetrazole rings is 1. The number of H-pyrrole nitrogens is 1. The topological polar surface area (TPSA) is 86.8 Å². The maximum Gasteiger partial charge on any atom is 0.266 e. The molecular weight excluding hydrogens is 268 g/mol. The van der Waals surface area contributed by atoms with Crippen LogP contribution in [0.3, 0.4) is 0 Å². The molecule has 0 radical (unpaired) electrons. The minimum Gasteiger partial charge on any atom is -0.324 e. The van der Waals surface area contributed by atoms with Crippen molar-refractivity contribution in [1.29, 1.82) is 0 Å². The molecule has 110 valence electrons. The van der Waals surface area contributed by atoms with Crippen LogP contribution in [0.25, 0.3) is 0 Å². The summed E-state index contributed by atoms with van der Waals surface area (Å²) in [6.45, 7) is 4.71. The van der Waals surface area contributed by atoms with Crippen LogP contribution in [-0.2, 0) is 11.3 Å². The van der Waals surface area contributed by atoms with E-state index in [0.717, 1.165) is 17.7 Å². The summed E-state index contributed by atoms with van der Waals surface area (Å²) in [5, 5.41) is 17.2. The highest BCUT2D eigenvalue weighted by Crippen LogP contribution is 2.28. The van der Waals surface area contributed by atoms with Crippen LogP contribution in [0.15, 0.2) is 24.3 Å². The molecule has 1 aromatic carbocycles. The molecule has 1 aliphatic heterocycles. The van der Waals surface area contributed by atoms with Crippen molar-refractivity contribution in [2.45, 2.75) is 32.9 Å². The Morgan fingerprint density at radius 2 is 2.24 bits per heavy atom. The normalized spacial score (nSPS) is 19.6. The van der Waals surface area contributed by atoms with Crippen LogP contribution >= 0.6 is 0 Å². The van der Waals surface area contributed by atoms with Crippen molar-refractivity contribution in [1.82, 2.24) is 20.6 Å². The lowest BCUT2D eigenvalue weighted by atomic mass is 9.97. The predicted octanol–water partition coefficient (Wildman–Crippen LogP) is 1.57. The highest BCUT2D eigenvalue weighted by Gasteiger charge is 2.35. The van der Waals surface area contributed by atoms with Gasteiger partial charge < -0.3 is 10.2 Å². The number of carbonyl (C=O) groups excluding carboxylic acids is 1. The number of nitrogens with one attached hydrogen (secondary N) is 2. The van der Waals surface area contributed by atoms with E-state index < -0.39 is 0 Å². The van der Waals surface area contributed by atoms with Gasteiger partial charge in [-0.25, -0.2) is 0 Å². The Balaban J connectivity index is 2.05. The van der Waals surface area contributed by atoms with Crippen LogP contribution in [0.4, 0.5) is 11.6 Å². The first-order valence-corrected chi connectivity index (χ1v) is 7.09. The Hall–Kier alpha value is -2.44. The molecule has 1 unspecified atom stereocenters. The lowest BCUT2D eigenvalue weighted by molar-refractivity contribution is -0.118. The molecule has 0 spiro atoms. The molecule has 2 heterocycles. The van der Waals surface area contributed by atoms with Crippen LogP contribution in [0.1, 0.15) is 25.8 Å². The fourth-order valence-corrected chi connectivity index (χ4v) is 2.67. The summed E-state index contributed by atoms with van der Waals surface area (Å²) in [6, 6.07) is 7.48. The van der Waals surface area contributed by atoms with E-state index in [1.165, 1.54) is 0 Å². The number of rotatable bonds is 3. The summed E-state index contributed by atoms with van der Waals surface area (Å²) in [7, 11) is 0. The van der Waals surface area contributed by atoms with Crippen molar-refractivity contribution in [3.8, 4) is 0 Å². The van der Waals surface area contributed by atoms with Crippen molar-refractivity contribution in [3.63, 3.8) is 0 Å². The second-order valence-electron chi connectivity index (χ2n) is 5.32. The van der Waals surface area contributed by atoms with E-state index in [-0.39, 0.29) is 17.9 Å². The molecule has 0 saturated heterocycles. The fraction of sp³-hybridized carbons (Fsp3) is 0.429. The van der Waals surface area contributed by atoms with Crippen molar-refractivity contribution in [2.24, 2.45) is 5.92 Å². The molecule has 7 heteroatoms. The smallest absolute Gasteiger partial charge is 0.266 e. The second-order valence-corrected chi connectivity index (χ2v) is 5.32. The van der Waals surface area contributed by atoms with Crippen molar-refractivity contribution in [2.75, 3.05) is 10.2 Å². The molecule has 0 fully saturated rings. The van der Waals surface area contributed by atoms with Crippen molar-refractivity contribution < 1.29 is 4.79 Å². The molecule has 21 heavy (non-hydrogen) atoms. The van der Waals surface area contributed by atoms with Gasteiger partial charge in [0.15, 0.2) is 0 Å². The highest BCUT2D eigenvalue weighted by molar-refractivity contribution is 5.98. The van der Waals surface area contributed by atoms with Gasteiger partial charge in [0.1, 0.15) is 6.04 Å². The van der Waals surface area contributed by atoms with E-state index in [4.69, 9.17) is 0 Å². The van der Waals surface area contributed by atoms with E-state index in [0.29, 0.717) is 12.5 Å². The standard InChI is InChI=1S/C14H18N6O/c1-3-9(2)12-13(21)15-11-7-5-4-6-10(11)8-20(12)14-16-18-19-17-14/h4-7,9,12H,3,8H2,1-2H3,(H,15,21)(H,16,17,18,19)/t9-,12?/m0/s1. The summed E-state index contributed by atoms with van der Waals surface area (Å²) >= 11 is 0. The average molecular weight is 286 g/mol. The predicted molar refractivity (Wildman–Crippen MR) is 78.7 cm³/mol. The molecule has 0 aliphatic carbocycles. The number of aromatic nitrogens is 4. The number of hydrogen-bond donors (Lipinski definition) is 2. The van der Waals surface area contributed by atoms with Crippen LogP contribution in [0.5, 0.6) is 0 Å². The molecule has 0 saturated carbocycles. The largest absolute Gasteiger partial charge is 0.324 e. The number of amides is 1. The molecule has 1 aliphatic rings. The van der Waals surface area contributed by atoms with Gasteiger partial charge in [-0.15, -0.1) is 5.10 Å². The number of fused-ring (bicyclic) bond motifs is 1. The van der Waals surface area contributed by atoms with Crippen LogP contribution in [-0.4, -0.2) is 32.6 Å². The highest BCUT2D eigenvalue weighted by atomic mass is 16.2. The Bertz CT molecular complexity index is 626. The molecule has 3 rings (SSSR count). The van der Waals surface area contributed by atoms with Crippen LogP contribution in [0.2, 0.25) is 0 Å². The molecular formula is C14H18N6O. The van der Waals surface area contributed by atoms with E-state index in [1.54, 1.807) is 0 Å². The van der Waals surface area contributed by atoms with Gasteiger partial charge in [0.25, 0.3) is 5.95 Å². The molecule has 2 atom stereocenters. The number of aromatic amines is 1. The zero-order chi connectivity index (χ0) is 14.8. The van der Waals surface area contributed by atoms with Gasteiger partial charge in [-0.05, 0) is 22.8 Å². The number of anilines is 2. The van der Waals surface area contributed by atoms with Gasteiger partial charge in [0, 0.05) is 12.2 Å². The third-order valence-corrected chi connectivity index (χ3v) is 3.99. The van der Waals surface area contributed by atoms with Crippen LogP contribution in [0, 0.1) is 5.92 Å². The number of nitrogens with zero attached hydrogens (tertiary/aromatic N) is 4. The Morgan fingerprint density at radius 3 is 2.95 bits per heavy atom. The summed E-state index contributed by atoms with van der Waals surface area (Å²) in [6.07, 6.45) is 0.892. The van der Waals surface area contributed by atoms with Gasteiger partial charge in [-0.1, -0.05) is 43.6 Å². The summed E-state index contributed by atoms with van der Waals surface area (Å²) < 4.78 is 0. The third-order valence-electron chi connectivity index (χ3n) is 3.99. The van der Waals surface area contributed by atoms with Crippen molar-refractivity contribution in [3.05, 3.63) is 29.8 Å². The monoisotopic (exact) mass is 286 g/mol. The SMILES string of the molecule is CC[C@H](C)C1C(=O)Nc2ccccc2CN1c1nn[nH]n1. The maximum absolute atomic E-state index is 12.6. The van der Waals surface area contributed by atoms with Gasteiger partial charge in [0.05, 0.1) is 0 Å². The summed E-state index contributed by atoms with van der Waals surface area (Å²) in [5.41, 5.74) is 1.89. The van der Waals surface area contributed by atoms with Crippen LogP contribution < -0.4 is 10.2 Å². The van der Waals surface area contributed by atoms with Gasteiger partial charge in [-0.3, -0.25) is 4.79 Å². The maximum atomic E-state index is 12.6. The van der Waals surface area contributed by atoms with E-state index in [2.05, 4.69) is 39.8 Å². The van der Waals surface area contributed by atoms with E-state index in [9.17, 15) is 4.79 Å². The van der Waals surface area contributed by atoms with Gasteiger partial charge >= 0.3 is 0 Å². The molecule has 1 amide bonds. The lowest BCUT2D eigenvalue weighted by Crippen LogP contribution is -2.46. The zero-order valence-electron chi connectivity index (χ0n) is 12.1. The Labute approximate surface area is 122 Å². The van der Waals surface area contributed by atoms with Gasteiger partial charge in [-0.2, -0.15) is 5.21 Å². The first kappa shape index (κ1) is 13.5. The Kier molecular flexibility index (Phi) is 3.55. The van der Waals surface area contributed by atoms with Gasteiger partial charge in [0.2, 0.25) is 5.91 Å².